The zero-order valence-corrected chi connectivity index (χ0v) is 17.4. The van der Waals surface area contributed by atoms with E-state index < -0.39 is 6.18 Å². The van der Waals surface area contributed by atoms with E-state index in [4.69, 9.17) is 0 Å². The quantitative estimate of drug-likeness (QED) is 0.374. The lowest BCUT2D eigenvalue weighted by Crippen LogP contribution is -2.34. The van der Waals surface area contributed by atoms with Gasteiger partial charge in [0, 0.05) is 5.92 Å². The van der Waals surface area contributed by atoms with Crippen LogP contribution in [0.5, 0.6) is 0 Å². The highest BCUT2D eigenvalue weighted by Crippen LogP contribution is 2.46. The Morgan fingerprint density at radius 1 is 0.931 bits per heavy atom. The maximum Gasteiger partial charge on any atom is 0.435 e. The van der Waals surface area contributed by atoms with Crippen LogP contribution in [0, 0.1) is 0 Å². The van der Waals surface area contributed by atoms with E-state index in [2.05, 4.69) is 57.5 Å². The molecule has 3 rings (SSSR count). The molecule has 1 aliphatic rings. The summed E-state index contributed by atoms with van der Waals surface area (Å²) in [6.07, 6.45) is 0.828. The van der Waals surface area contributed by atoms with Crippen molar-refractivity contribution < 1.29 is 13.2 Å². The average Bonchev–Trinajstić information content (AvgIpc) is 2.65. The molecule has 1 radical (unpaired) electrons. The number of alkyl halides is 3. The molecule has 0 amide bonds. The Labute approximate surface area is 171 Å². The van der Waals surface area contributed by atoms with Crippen molar-refractivity contribution in [3.8, 4) is 0 Å². The van der Waals surface area contributed by atoms with Gasteiger partial charge in [-0.3, -0.25) is 0 Å². The molecule has 4 heteroatoms. The number of rotatable bonds is 4. The predicted octanol–water partition coefficient (Wildman–Crippen LogP) is 7.50. The molecule has 0 N–H and O–H groups in total. The third-order valence-electron chi connectivity index (χ3n) is 6.04. The van der Waals surface area contributed by atoms with Gasteiger partial charge >= 0.3 is 6.18 Å². The second-order valence-electron chi connectivity index (χ2n) is 9.10. The molecule has 153 valence electrons. The van der Waals surface area contributed by atoms with Crippen LogP contribution in [-0.4, -0.2) is 12.4 Å². The minimum Gasteiger partial charge on any atom is -0.242 e. The normalized spacial score (nSPS) is 19.0. The first-order valence-electron chi connectivity index (χ1n) is 9.85. The Morgan fingerprint density at radius 3 is 2.03 bits per heavy atom. The maximum atomic E-state index is 12.3. The fraction of sp³-hybridized carbons (Fsp3) is 0.400. The minimum atomic E-state index is -4.54. The van der Waals surface area contributed by atoms with Crippen molar-refractivity contribution >= 4 is 11.9 Å². The number of hydrogen-bond donors (Lipinski definition) is 0. The van der Waals surface area contributed by atoms with Crippen molar-refractivity contribution in [1.82, 2.24) is 0 Å². The van der Waals surface area contributed by atoms with Crippen molar-refractivity contribution in [3.05, 3.63) is 77.4 Å². The Kier molecular flexibility index (Phi) is 5.50. The highest BCUT2D eigenvalue weighted by molar-refractivity contribution is 5.68. The van der Waals surface area contributed by atoms with Crippen LogP contribution in [0.1, 0.15) is 68.7 Å². The average molecular weight is 398 g/mol. The fourth-order valence-electron chi connectivity index (χ4n) is 4.15. The zero-order chi connectivity index (χ0) is 21.4. The van der Waals surface area contributed by atoms with Crippen LogP contribution in [0.4, 0.5) is 18.9 Å². The number of nitrogens with zero attached hydrogens (tertiary/aromatic N) is 1. The molecule has 29 heavy (non-hydrogen) atoms. The Bertz CT molecular complexity index is 918. The molecule has 1 nitrogen and oxygen atoms in total. The van der Waals surface area contributed by atoms with Crippen molar-refractivity contribution in [3.63, 3.8) is 0 Å². The molecule has 1 aliphatic carbocycles. The van der Waals surface area contributed by atoms with Gasteiger partial charge in [-0.25, -0.2) is 4.99 Å². The summed E-state index contributed by atoms with van der Waals surface area (Å²) in [6.45, 7) is 13.2. The number of fused-ring (bicyclic) bond motifs is 1. The number of aliphatic imine (C=N–C) groups is 1. The topological polar surface area (TPSA) is 12.4 Å². The smallest absolute Gasteiger partial charge is 0.242 e. The van der Waals surface area contributed by atoms with Crippen LogP contribution in [0.3, 0.4) is 0 Å². The van der Waals surface area contributed by atoms with Crippen molar-refractivity contribution in [2.24, 2.45) is 4.99 Å². The second-order valence-corrected chi connectivity index (χ2v) is 9.10. The summed E-state index contributed by atoms with van der Waals surface area (Å²) in [6, 6.07) is 13.4. The van der Waals surface area contributed by atoms with Gasteiger partial charge in [-0.05, 0) is 58.1 Å². The Hall–Kier alpha value is -2.36. The maximum absolute atomic E-state index is 12.3. The van der Waals surface area contributed by atoms with E-state index in [1.54, 1.807) is 24.3 Å². The predicted molar refractivity (Wildman–Crippen MR) is 113 cm³/mol. The first kappa shape index (κ1) is 21.4. The van der Waals surface area contributed by atoms with Crippen LogP contribution in [0.15, 0.2) is 60.1 Å². The highest BCUT2D eigenvalue weighted by Gasteiger charge is 2.37. The molecular weight excluding hydrogens is 371 g/mol. The summed E-state index contributed by atoms with van der Waals surface area (Å²) in [5.41, 5.74) is 5.37. The van der Waals surface area contributed by atoms with Gasteiger partial charge in [-0.15, -0.1) is 6.58 Å². The number of hydrogen-bond acceptors (Lipinski definition) is 1. The van der Waals surface area contributed by atoms with E-state index in [0.717, 1.165) is 24.0 Å². The van der Waals surface area contributed by atoms with Gasteiger partial charge in [0.05, 0.1) is 5.69 Å². The standard InChI is InChI=1S/C25H27F3N/c1-6-20(17-7-10-19(11-8-17)29-16-25(26,27)28)18-9-12-21-22(15-18)24(4,5)14-13-23(21,2)3/h6-12,15,20H,1,13-14H2,2-5H3. The molecule has 0 saturated carbocycles. The molecule has 0 aromatic heterocycles. The highest BCUT2D eigenvalue weighted by atomic mass is 19.4. The molecule has 0 fully saturated rings. The lowest BCUT2D eigenvalue weighted by Gasteiger charge is -2.42. The largest absolute Gasteiger partial charge is 0.435 e. The van der Waals surface area contributed by atoms with Gasteiger partial charge in [0.2, 0.25) is 0 Å². The molecule has 2 aromatic carbocycles. The molecule has 2 aromatic rings. The van der Waals surface area contributed by atoms with Gasteiger partial charge in [0.25, 0.3) is 0 Å². The first-order valence-corrected chi connectivity index (χ1v) is 9.85. The van der Waals surface area contributed by atoms with Gasteiger partial charge in [-0.2, -0.15) is 13.2 Å². The lowest BCUT2D eigenvalue weighted by molar-refractivity contribution is -0.0535. The van der Waals surface area contributed by atoms with Crippen LogP contribution < -0.4 is 0 Å². The van der Waals surface area contributed by atoms with Gasteiger partial charge in [-0.1, -0.05) is 64.1 Å². The Balaban J connectivity index is 1.95. The summed E-state index contributed by atoms with van der Waals surface area (Å²) in [5, 5.41) is 0. The van der Waals surface area contributed by atoms with Gasteiger partial charge in [0.1, 0.15) is 0 Å². The first-order chi connectivity index (χ1) is 13.4. The van der Waals surface area contributed by atoms with E-state index >= 15 is 0 Å². The monoisotopic (exact) mass is 398 g/mol. The van der Waals surface area contributed by atoms with Crippen LogP contribution in [-0.2, 0) is 10.8 Å². The molecule has 0 saturated heterocycles. The SMILES string of the molecule is C=CC(c1ccc(N=[C]C(F)(F)F)cc1)c1ccc2c(c1)C(C)(C)CCC2(C)C. The number of allylic oxidation sites excluding steroid dienone is 1. The van der Waals surface area contributed by atoms with Gasteiger partial charge in [0.15, 0.2) is 6.21 Å². The molecule has 0 aliphatic heterocycles. The zero-order valence-electron chi connectivity index (χ0n) is 17.4. The number of benzene rings is 2. The van der Waals surface area contributed by atoms with E-state index in [1.807, 2.05) is 6.08 Å². The van der Waals surface area contributed by atoms with Gasteiger partial charge < -0.3 is 0 Å². The summed E-state index contributed by atoms with van der Waals surface area (Å²) in [5.74, 6) is -0.0363. The van der Waals surface area contributed by atoms with Crippen molar-refractivity contribution in [1.29, 1.82) is 0 Å². The lowest BCUT2D eigenvalue weighted by atomic mass is 9.62. The van der Waals surface area contributed by atoms with Crippen LogP contribution in [0.25, 0.3) is 0 Å². The van der Waals surface area contributed by atoms with Crippen molar-refractivity contribution in [2.45, 2.75) is 63.5 Å². The Morgan fingerprint density at radius 2 is 1.48 bits per heavy atom. The van der Waals surface area contributed by atoms with E-state index in [9.17, 15) is 13.2 Å². The second kappa shape index (κ2) is 7.47. The van der Waals surface area contributed by atoms with Crippen molar-refractivity contribution in [2.75, 3.05) is 0 Å². The molecular formula is C25H27F3N. The minimum absolute atomic E-state index is 0.0363. The summed E-state index contributed by atoms with van der Waals surface area (Å²) < 4.78 is 36.8. The summed E-state index contributed by atoms with van der Waals surface area (Å²) in [7, 11) is 0. The molecule has 0 bridgehead atoms. The molecule has 1 atom stereocenters. The molecule has 1 unspecified atom stereocenters. The molecule has 0 heterocycles. The fourth-order valence-corrected chi connectivity index (χ4v) is 4.15. The van der Waals surface area contributed by atoms with E-state index in [1.165, 1.54) is 17.3 Å². The molecule has 0 spiro atoms. The summed E-state index contributed by atoms with van der Waals surface area (Å²) >= 11 is 0. The van der Waals surface area contributed by atoms with Crippen LogP contribution >= 0.6 is 0 Å². The van der Waals surface area contributed by atoms with E-state index in [-0.39, 0.29) is 22.4 Å². The summed E-state index contributed by atoms with van der Waals surface area (Å²) in [4.78, 5) is 3.37. The van der Waals surface area contributed by atoms with Crippen LogP contribution in [0.2, 0.25) is 0 Å². The third-order valence-corrected chi connectivity index (χ3v) is 6.04. The number of halogens is 3. The third kappa shape index (κ3) is 4.63. The van der Waals surface area contributed by atoms with E-state index in [0.29, 0.717) is 0 Å².